The van der Waals surface area contributed by atoms with Gasteiger partial charge in [0, 0.05) is 32.7 Å². The molecule has 1 fully saturated rings. The van der Waals surface area contributed by atoms with Crippen molar-refractivity contribution in [1.82, 2.24) is 15.1 Å². The highest BCUT2D eigenvalue weighted by atomic mass is 19.1. The molecule has 1 aliphatic rings. The zero-order chi connectivity index (χ0) is 16.7. The highest BCUT2D eigenvalue weighted by molar-refractivity contribution is 5.74. The van der Waals surface area contributed by atoms with Crippen LogP contribution in [0, 0.1) is 5.82 Å². The maximum absolute atomic E-state index is 12.9. The van der Waals surface area contributed by atoms with Crippen molar-refractivity contribution in [2.75, 3.05) is 39.3 Å². The first-order valence-electron chi connectivity index (χ1n) is 8.60. The van der Waals surface area contributed by atoms with Crippen LogP contribution in [0.4, 0.5) is 9.18 Å². The molecule has 0 radical (unpaired) electrons. The fourth-order valence-electron chi connectivity index (χ4n) is 3.02. The number of hydrogen-bond acceptors (Lipinski definition) is 2. The third-order valence-electron chi connectivity index (χ3n) is 4.54. The zero-order valence-corrected chi connectivity index (χ0v) is 14.2. The second-order valence-electron chi connectivity index (χ2n) is 6.26. The lowest BCUT2D eigenvalue weighted by molar-refractivity contribution is 0.138. The molecule has 4 nitrogen and oxygen atoms in total. The van der Waals surface area contributed by atoms with Crippen LogP contribution in [0.1, 0.15) is 38.2 Å². The molecule has 1 aliphatic heterocycles. The smallest absolute Gasteiger partial charge is 0.317 e. The van der Waals surface area contributed by atoms with Crippen molar-refractivity contribution in [1.29, 1.82) is 0 Å². The molecule has 2 rings (SSSR count). The van der Waals surface area contributed by atoms with Crippen LogP contribution in [0.15, 0.2) is 24.3 Å². The van der Waals surface area contributed by atoms with Gasteiger partial charge in [-0.15, -0.1) is 0 Å². The number of piperazine rings is 1. The van der Waals surface area contributed by atoms with Crippen LogP contribution in [0.25, 0.3) is 0 Å². The van der Waals surface area contributed by atoms with E-state index in [-0.39, 0.29) is 11.8 Å². The van der Waals surface area contributed by atoms with Crippen LogP contribution in [0.5, 0.6) is 0 Å². The summed E-state index contributed by atoms with van der Waals surface area (Å²) in [6.45, 7) is 9.38. The van der Waals surface area contributed by atoms with Crippen molar-refractivity contribution in [3.05, 3.63) is 35.6 Å². The minimum Gasteiger partial charge on any atom is -0.338 e. The molecule has 1 heterocycles. The molecular weight excluding hydrogens is 293 g/mol. The van der Waals surface area contributed by atoms with Crippen molar-refractivity contribution >= 4 is 6.03 Å². The van der Waals surface area contributed by atoms with E-state index in [9.17, 15) is 9.18 Å². The summed E-state index contributed by atoms with van der Waals surface area (Å²) >= 11 is 0. The molecule has 23 heavy (non-hydrogen) atoms. The average molecular weight is 321 g/mol. The Morgan fingerprint density at radius 2 is 1.87 bits per heavy atom. The Morgan fingerprint density at radius 1 is 1.22 bits per heavy atom. The van der Waals surface area contributed by atoms with Gasteiger partial charge in [0.05, 0.1) is 0 Å². The summed E-state index contributed by atoms with van der Waals surface area (Å²) < 4.78 is 12.9. The SMILES string of the molecule is CCNC(=O)N1CCN(CCCC(C)c2ccc(F)cc2)CC1. The lowest BCUT2D eigenvalue weighted by Crippen LogP contribution is -2.51. The Balaban J connectivity index is 1.65. The topological polar surface area (TPSA) is 35.6 Å². The maximum Gasteiger partial charge on any atom is 0.317 e. The van der Waals surface area contributed by atoms with Crippen molar-refractivity contribution < 1.29 is 9.18 Å². The molecule has 1 aromatic rings. The first-order chi connectivity index (χ1) is 11.1. The molecule has 0 saturated carbocycles. The quantitative estimate of drug-likeness (QED) is 0.874. The molecule has 0 bridgehead atoms. The van der Waals surface area contributed by atoms with E-state index in [0.717, 1.165) is 45.6 Å². The van der Waals surface area contributed by atoms with Crippen molar-refractivity contribution in [3.63, 3.8) is 0 Å². The lowest BCUT2D eigenvalue weighted by atomic mass is 9.96. The van der Waals surface area contributed by atoms with Gasteiger partial charge < -0.3 is 10.2 Å². The standard InChI is InChI=1S/C18H28FN3O/c1-3-20-18(23)22-13-11-21(12-14-22)10-4-5-15(2)16-6-8-17(19)9-7-16/h6-9,15H,3-5,10-14H2,1-2H3,(H,20,23). The van der Waals surface area contributed by atoms with Gasteiger partial charge in [0.2, 0.25) is 0 Å². The minimum atomic E-state index is -0.175. The molecule has 0 spiro atoms. The lowest BCUT2D eigenvalue weighted by Gasteiger charge is -2.34. The zero-order valence-electron chi connectivity index (χ0n) is 14.2. The fraction of sp³-hybridized carbons (Fsp3) is 0.611. The van der Waals surface area contributed by atoms with Crippen molar-refractivity contribution in [3.8, 4) is 0 Å². The van der Waals surface area contributed by atoms with Gasteiger partial charge in [-0.25, -0.2) is 9.18 Å². The highest BCUT2D eigenvalue weighted by Crippen LogP contribution is 2.21. The molecule has 0 aromatic heterocycles. The molecule has 128 valence electrons. The number of carbonyl (C=O) groups is 1. The molecule has 1 saturated heterocycles. The van der Waals surface area contributed by atoms with Crippen molar-refractivity contribution in [2.45, 2.75) is 32.6 Å². The molecule has 5 heteroatoms. The van der Waals surface area contributed by atoms with Gasteiger partial charge in [0.15, 0.2) is 0 Å². The van der Waals surface area contributed by atoms with Gasteiger partial charge in [-0.05, 0) is 49.9 Å². The molecule has 1 atom stereocenters. The number of halogens is 1. The Hall–Kier alpha value is -1.62. The molecule has 1 unspecified atom stereocenters. The molecule has 2 amide bonds. The summed E-state index contributed by atoms with van der Waals surface area (Å²) in [7, 11) is 0. The van der Waals surface area contributed by atoms with E-state index in [4.69, 9.17) is 0 Å². The summed E-state index contributed by atoms with van der Waals surface area (Å²) in [6.07, 6.45) is 2.22. The summed E-state index contributed by atoms with van der Waals surface area (Å²) in [5.41, 5.74) is 1.20. The summed E-state index contributed by atoms with van der Waals surface area (Å²) in [6, 6.07) is 6.88. The predicted molar refractivity (Wildman–Crippen MR) is 91.1 cm³/mol. The van der Waals surface area contributed by atoms with E-state index < -0.39 is 0 Å². The normalized spacial score (nSPS) is 17.1. The number of amides is 2. The maximum atomic E-state index is 12.9. The monoisotopic (exact) mass is 321 g/mol. The third-order valence-corrected chi connectivity index (χ3v) is 4.54. The average Bonchev–Trinajstić information content (AvgIpc) is 2.56. The Morgan fingerprint density at radius 3 is 2.48 bits per heavy atom. The number of urea groups is 1. The molecular formula is C18H28FN3O. The van der Waals surface area contributed by atoms with Gasteiger partial charge in [-0.3, -0.25) is 4.90 Å². The van der Waals surface area contributed by atoms with Gasteiger partial charge in [-0.2, -0.15) is 0 Å². The number of rotatable bonds is 6. The minimum absolute atomic E-state index is 0.0529. The van der Waals surface area contributed by atoms with Crippen LogP contribution in [0.2, 0.25) is 0 Å². The van der Waals surface area contributed by atoms with Gasteiger partial charge in [-0.1, -0.05) is 19.1 Å². The van der Waals surface area contributed by atoms with E-state index in [1.165, 1.54) is 17.7 Å². The number of nitrogens with one attached hydrogen (secondary N) is 1. The Bertz CT molecular complexity index is 484. The first kappa shape index (κ1) is 17.7. The number of hydrogen-bond donors (Lipinski definition) is 1. The first-order valence-corrected chi connectivity index (χ1v) is 8.60. The van der Waals surface area contributed by atoms with E-state index in [1.54, 1.807) is 0 Å². The van der Waals surface area contributed by atoms with Crippen LogP contribution >= 0.6 is 0 Å². The second-order valence-corrected chi connectivity index (χ2v) is 6.26. The molecule has 0 aliphatic carbocycles. The number of carbonyl (C=O) groups excluding carboxylic acids is 1. The number of nitrogens with zero attached hydrogens (tertiary/aromatic N) is 2. The van der Waals surface area contributed by atoms with Crippen LogP contribution in [-0.4, -0.2) is 55.1 Å². The van der Waals surface area contributed by atoms with Gasteiger partial charge >= 0.3 is 6.03 Å². The predicted octanol–water partition coefficient (Wildman–Crippen LogP) is 3.06. The van der Waals surface area contributed by atoms with Gasteiger partial charge in [0.25, 0.3) is 0 Å². The largest absolute Gasteiger partial charge is 0.338 e. The Kier molecular flexibility index (Phi) is 6.84. The number of benzene rings is 1. The fourth-order valence-corrected chi connectivity index (χ4v) is 3.02. The summed E-state index contributed by atoms with van der Waals surface area (Å²) in [4.78, 5) is 16.1. The summed E-state index contributed by atoms with van der Waals surface area (Å²) in [5, 5.41) is 2.85. The highest BCUT2D eigenvalue weighted by Gasteiger charge is 2.20. The molecule has 1 aromatic carbocycles. The van der Waals surface area contributed by atoms with E-state index in [0.29, 0.717) is 12.5 Å². The molecule has 1 N–H and O–H groups in total. The van der Waals surface area contributed by atoms with Crippen LogP contribution in [0.3, 0.4) is 0 Å². The van der Waals surface area contributed by atoms with Crippen LogP contribution < -0.4 is 5.32 Å². The second kappa shape index (κ2) is 8.87. The van der Waals surface area contributed by atoms with Crippen molar-refractivity contribution in [2.24, 2.45) is 0 Å². The third kappa shape index (κ3) is 5.50. The van der Waals surface area contributed by atoms with E-state index in [2.05, 4.69) is 17.1 Å². The van der Waals surface area contributed by atoms with Crippen LogP contribution in [-0.2, 0) is 0 Å². The van der Waals surface area contributed by atoms with E-state index >= 15 is 0 Å². The van der Waals surface area contributed by atoms with E-state index in [1.807, 2.05) is 24.0 Å². The Labute approximate surface area is 138 Å². The summed E-state index contributed by atoms with van der Waals surface area (Å²) in [5.74, 6) is 0.276. The van der Waals surface area contributed by atoms with Gasteiger partial charge in [0.1, 0.15) is 5.82 Å².